The predicted octanol–water partition coefficient (Wildman–Crippen LogP) is 1.03. The first-order valence-electron chi connectivity index (χ1n) is 5.81. The summed E-state index contributed by atoms with van der Waals surface area (Å²) in [7, 11) is 0. The van der Waals surface area contributed by atoms with Gasteiger partial charge in [-0.25, -0.2) is 4.39 Å². The maximum atomic E-state index is 13.4. The molecule has 0 spiro atoms. The second kappa shape index (κ2) is 5.23. The zero-order valence-electron chi connectivity index (χ0n) is 9.60. The monoisotopic (exact) mass is 237 g/mol. The standard InChI is InChI=1S/C12H16FN3O/c13-11-8-15-4-1-10(11)12(17)16-5-2-9(7-14)3-6-16/h1,4,8-9H,2-3,5-7,14H2. The van der Waals surface area contributed by atoms with Crippen molar-refractivity contribution in [3.63, 3.8) is 0 Å². The van der Waals surface area contributed by atoms with Crippen molar-refractivity contribution in [2.75, 3.05) is 19.6 Å². The van der Waals surface area contributed by atoms with E-state index >= 15 is 0 Å². The number of pyridine rings is 1. The Bertz CT molecular complexity index is 402. The van der Waals surface area contributed by atoms with Gasteiger partial charge in [-0.3, -0.25) is 9.78 Å². The van der Waals surface area contributed by atoms with Crippen LogP contribution in [0.25, 0.3) is 0 Å². The Morgan fingerprint density at radius 3 is 2.82 bits per heavy atom. The van der Waals surface area contributed by atoms with E-state index in [4.69, 9.17) is 5.73 Å². The van der Waals surface area contributed by atoms with Crippen LogP contribution in [0, 0.1) is 11.7 Å². The van der Waals surface area contributed by atoms with Gasteiger partial charge in [-0.05, 0) is 31.4 Å². The molecule has 2 rings (SSSR count). The van der Waals surface area contributed by atoms with Gasteiger partial charge in [0.15, 0.2) is 5.82 Å². The fraction of sp³-hybridized carbons (Fsp3) is 0.500. The summed E-state index contributed by atoms with van der Waals surface area (Å²) in [6, 6.07) is 1.42. The van der Waals surface area contributed by atoms with Crippen LogP contribution in [-0.2, 0) is 0 Å². The maximum Gasteiger partial charge on any atom is 0.256 e. The first-order valence-corrected chi connectivity index (χ1v) is 5.81. The van der Waals surface area contributed by atoms with Crippen molar-refractivity contribution in [3.05, 3.63) is 29.8 Å². The third-order valence-electron chi connectivity index (χ3n) is 3.24. The Kier molecular flexibility index (Phi) is 3.68. The molecule has 1 aromatic heterocycles. The lowest BCUT2D eigenvalue weighted by Crippen LogP contribution is -2.40. The summed E-state index contributed by atoms with van der Waals surface area (Å²) >= 11 is 0. The summed E-state index contributed by atoms with van der Waals surface area (Å²) in [6.07, 6.45) is 4.30. The van der Waals surface area contributed by atoms with Crippen LogP contribution in [0.1, 0.15) is 23.2 Å². The predicted molar refractivity (Wildman–Crippen MR) is 61.9 cm³/mol. The maximum absolute atomic E-state index is 13.4. The minimum atomic E-state index is -0.557. The van der Waals surface area contributed by atoms with Gasteiger partial charge in [-0.1, -0.05) is 0 Å². The summed E-state index contributed by atoms with van der Waals surface area (Å²) in [5.41, 5.74) is 5.69. The Hall–Kier alpha value is -1.49. The van der Waals surface area contributed by atoms with Crippen LogP contribution in [0.2, 0.25) is 0 Å². The van der Waals surface area contributed by atoms with Crippen LogP contribution in [0.3, 0.4) is 0 Å². The first-order chi connectivity index (χ1) is 8.22. The van der Waals surface area contributed by atoms with Gasteiger partial charge in [0.05, 0.1) is 11.8 Å². The molecule has 1 saturated heterocycles. The molecule has 1 aromatic rings. The van der Waals surface area contributed by atoms with Gasteiger partial charge >= 0.3 is 0 Å². The molecule has 0 radical (unpaired) electrons. The topological polar surface area (TPSA) is 59.2 Å². The van der Waals surface area contributed by atoms with Gasteiger partial charge in [-0.2, -0.15) is 0 Å². The molecule has 4 nitrogen and oxygen atoms in total. The Balaban J connectivity index is 2.04. The molecule has 0 saturated carbocycles. The molecule has 17 heavy (non-hydrogen) atoms. The van der Waals surface area contributed by atoms with Crippen molar-refractivity contribution >= 4 is 5.91 Å². The molecular weight excluding hydrogens is 221 g/mol. The number of nitrogens with zero attached hydrogens (tertiary/aromatic N) is 2. The normalized spacial score (nSPS) is 17.2. The first kappa shape index (κ1) is 12.0. The number of amides is 1. The molecular formula is C12H16FN3O. The van der Waals surface area contributed by atoms with Crippen molar-refractivity contribution in [2.45, 2.75) is 12.8 Å². The van der Waals surface area contributed by atoms with E-state index in [2.05, 4.69) is 4.98 Å². The molecule has 2 N–H and O–H groups in total. The quantitative estimate of drug-likeness (QED) is 0.835. The lowest BCUT2D eigenvalue weighted by molar-refractivity contribution is 0.0688. The van der Waals surface area contributed by atoms with Gasteiger partial charge < -0.3 is 10.6 Å². The summed E-state index contributed by atoms with van der Waals surface area (Å²) in [5.74, 6) is -0.319. The molecule has 1 aliphatic rings. The Morgan fingerprint density at radius 1 is 1.53 bits per heavy atom. The minimum Gasteiger partial charge on any atom is -0.339 e. The summed E-state index contributed by atoms with van der Waals surface area (Å²) in [6.45, 7) is 1.97. The average molecular weight is 237 g/mol. The second-order valence-corrected chi connectivity index (χ2v) is 4.33. The second-order valence-electron chi connectivity index (χ2n) is 4.33. The van der Waals surface area contributed by atoms with Gasteiger partial charge in [0.1, 0.15) is 0 Å². The number of carbonyl (C=O) groups excluding carboxylic acids is 1. The summed E-state index contributed by atoms with van der Waals surface area (Å²) < 4.78 is 13.4. The smallest absolute Gasteiger partial charge is 0.256 e. The van der Waals surface area contributed by atoms with E-state index in [0.29, 0.717) is 25.6 Å². The number of piperidine rings is 1. The molecule has 1 amide bonds. The number of carbonyl (C=O) groups is 1. The van der Waals surface area contributed by atoms with Crippen LogP contribution < -0.4 is 5.73 Å². The van der Waals surface area contributed by atoms with Gasteiger partial charge in [0, 0.05) is 19.3 Å². The number of hydrogen-bond donors (Lipinski definition) is 1. The van der Waals surface area contributed by atoms with Crippen molar-refractivity contribution in [1.82, 2.24) is 9.88 Å². The highest BCUT2D eigenvalue weighted by Gasteiger charge is 2.24. The highest BCUT2D eigenvalue weighted by Crippen LogP contribution is 2.18. The molecule has 1 aliphatic heterocycles. The number of aromatic nitrogens is 1. The average Bonchev–Trinajstić information content (AvgIpc) is 2.39. The summed E-state index contributed by atoms with van der Waals surface area (Å²) in [4.78, 5) is 17.4. The van der Waals surface area contributed by atoms with Crippen molar-refractivity contribution in [1.29, 1.82) is 0 Å². The van der Waals surface area contributed by atoms with E-state index in [1.807, 2.05) is 0 Å². The molecule has 1 fully saturated rings. The van der Waals surface area contributed by atoms with Crippen LogP contribution in [0.5, 0.6) is 0 Å². The van der Waals surface area contributed by atoms with Crippen LogP contribution in [0.15, 0.2) is 18.5 Å². The van der Waals surface area contributed by atoms with Crippen LogP contribution in [-0.4, -0.2) is 35.4 Å². The Morgan fingerprint density at radius 2 is 2.24 bits per heavy atom. The molecule has 0 aromatic carbocycles. The number of rotatable bonds is 2. The number of halogens is 1. The molecule has 5 heteroatoms. The fourth-order valence-corrected chi connectivity index (χ4v) is 2.09. The van der Waals surface area contributed by atoms with E-state index in [-0.39, 0.29) is 11.5 Å². The lowest BCUT2D eigenvalue weighted by Gasteiger charge is -2.31. The van der Waals surface area contributed by atoms with Gasteiger partial charge in [0.25, 0.3) is 5.91 Å². The van der Waals surface area contributed by atoms with Crippen molar-refractivity contribution in [2.24, 2.45) is 11.7 Å². The van der Waals surface area contributed by atoms with E-state index in [1.54, 1.807) is 4.90 Å². The minimum absolute atomic E-state index is 0.103. The van der Waals surface area contributed by atoms with Crippen molar-refractivity contribution < 1.29 is 9.18 Å². The van der Waals surface area contributed by atoms with E-state index < -0.39 is 5.82 Å². The molecule has 0 atom stereocenters. The lowest BCUT2D eigenvalue weighted by atomic mass is 9.96. The Labute approximate surface area is 99.6 Å². The zero-order chi connectivity index (χ0) is 12.3. The molecule has 0 unspecified atom stereocenters. The van der Waals surface area contributed by atoms with Crippen LogP contribution in [0.4, 0.5) is 4.39 Å². The summed E-state index contributed by atoms with van der Waals surface area (Å²) in [5, 5.41) is 0. The van der Waals surface area contributed by atoms with E-state index in [0.717, 1.165) is 19.0 Å². The van der Waals surface area contributed by atoms with E-state index in [9.17, 15) is 9.18 Å². The van der Waals surface area contributed by atoms with Crippen LogP contribution >= 0.6 is 0 Å². The SMILES string of the molecule is NCC1CCN(C(=O)c2ccncc2F)CC1. The number of likely N-dealkylation sites (tertiary alicyclic amines) is 1. The highest BCUT2D eigenvalue weighted by atomic mass is 19.1. The number of hydrogen-bond acceptors (Lipinski definition) is 3. The van der Waals surface area contributed by atoms with Gasteiger partial charge in [0.2, 0.25) is 0 Å². The third kappa shape index (κ3) is 2.61. The molecule has 0 aliphatic carbocycles. The van der Waals surface area contributed by atoms with Crippen molar-refractivity contribution in [3.8, 4) is 0 Å². The zero-order valence-corrected chi connectivity index (χ0v) is 9.60. The third-order valence-corrected chi connectivity index (χ3v) is 3.24. The highest BCUT2D eigenvalue weighted by molar-refractivity contribution is 5.94. The van der Waals surface area contributed by atoms with Gasteiger partial charge in [-0.15, -0.1) is 0 Å². The molecule has 2 heterocycles. The fourth-order valence-electron chi connectivity index (χ4n) is 2.09. The number of nitrogens with two attached hydrogens (primary N) is 1. The molecule has 0 bridgehead atoms. The largest absolute Gasteiger partial charge is 0.339 e. The molecule has 92 valence electrons. The van der Waals surface area contributed by atoms with E-state index in [1.165, 1.54) is 12.3 Å².